The molecule has 1 aromatic rings. The lowest BCUT2D eigenvalue weighted by Gasteiger charge is -2.33. The van der Waals surface area contributed by atoms with Gasteiger partial charge in [0.15, 0.2) is 0 Å². The van der Waals surface area contributed by atoms with Crippen molar-refractivity contribution >= 4 is 10.0 Å². The van der Waals surface area contributed by atoms with Gasteiger partial charge in [-0.1, -0.05) is 6.42 Å². The van der Waals surface area contributed by atoms with Crippen LogP contribution in [0.1, 0.15) is 26.2 Å². The second kappa shape index (κ2) is 5.24. The zero-order valence-electron chi connectivity index (χ0n) is 10.7. The number of pyridine rings is 1. The van der Waals surface area contributed by atoms with Gasteiger partial charge in [-0.3, -0.25) is 0 Å². The van der Waals surface area contributed by atoms with Crippen molar-refractivity contribution in [2.24, 2.45) is 0 Å². The van der Waals surface area contributed by atoms with Gasteiger partial charge in [0.05, 0.1) is 12.8 Å². The molecule has 18 heavy (non-hydrogen) atoms. The number of ether oxygens (including phenoxy) is 1. The molecule has 1 saturated carbocycles. The van der Waals surface area contributed by atoms with E-state index in [4.69, 9.17) is 4.74 Å². The summed E-state index contributed by atoms with van der Waals surface area (Å²) in [5, 5.41) is 0. The average molecular weight is 270 g/mol. The maximum absolute atomic E-state index is 12.3. The third kappa shape index (κ3) is 2.49. The number of rotatable bonds is 5. The SMILES string of the molecule is CCOc1ccc(S(=O)(=O)N(C)C2CCC2)cn1. The van der Waals surface area contributed by atoms with E-state index in [1.807, 2.05) is 6.92 Å². The van der Waals surface area contributed by atoms with Crippen LogP contribution in [0.15, 0.2) is 23.2 Å². The minimum Gasteiger partial charge on any atom is -0.478 e. The van der Waals surface area contributed by atoms with Gasteiger partial charge in [-0.2, -0.15) is 4.31 Å². The van der Waals surface area contributed by atoms with E-state index in [-0.39, 0.29) is 10.9 Å². The van der Waals surface area contributed by atoms with Crippen LogP contribution in [0.3, 0.4) is 0 Å². The van der Waals surface area contributed by atoms with Gasteiger partial charge < -0.3 is 4.74 Å². The van der Waals surface area contributed by atoms with Gasteiger partial charge in [0, 0.05) is 19.2 Å². The van der Waals surface area contributed by atoms with Crippen molar-refractivity contribution < 1.29 is 13.2 Å². The molecule has 1 aromatic heterocycles. The Morgan fingerprint density at radius 2 is 2.17 bits per heavy atom. The molecule has 1 fully saturated rings. The molecule has 0 aromatic carbocycles. The van der Waals surface area contributed by atoms with Crippen molar-refractivity contribution in [1.29, 1.82) is 0 Å². The fraction of sp³-hybridized carbons (Fsp3) is 0.583. The average Bonchev–Trinajstić information content (AvgIpc) is 2.28. The predicted octanol–water partition coefficient (Wildman–Crippen LogP) is 1.65. The molecule has 0 spiro atoms. The summed E-state index contributed by atoms with van der Waals surface area (Å²) in [6.07, 6.45) is 4.35. The Kier molecular flexibility index (Phi) is 3.87. The molecular formula is C12H18N2O3S. The van der Waals surface area contributed by atoms with E-state index in [1.54, 1.807) is 19.2 Å². The molecule has 0 atom stereocenters. The van der Waals surface area contributed by atoms with Crippen LogP contribution < -0.4 is 4.74 Å². The summed E-state index contributed by atoms with van der Waals surface area (Å²) in [7, 11) is -1.78. The van der Waals surface area contributed by atoms with Gasteiger partial charge in [0.1, 0.15) is 4.90 Å². The summed E-state index contributed by atoms with van der Waals surface area (Å²) in [6.45, 7) is 2.37. The lowest BCUT2D eigenvalue weighted by molar-refractivity contribution is 0.249. The normalized spacial score (nSPS) is 16.6. The largest absolute Gasteiger partial charge is 0.478 e. The zero-order valence-corrected chi connectivity index (χ0v) is 11.5. The Bertz CT molecular complexity index is 495. The van der Waals surface area contributed by atoms with E-state index in [0.717, 1.165) is 19.3 Å². The first-order chi connectivity index (χ1) is 8.55. The Hall–Kier alpha value is -1.14. The fourth-order valence-corrected chi connectivity index (χ4v) is 3.23. The summed E-state index contributed by atoms with van der Waals surface area (Å²) in [6, 6.07) is 3.27. The molecule has 0 aliphatic heterocycles. The van der Waals surface area contributed by atoms with Gasteiger partial charge in [-0.05, 0) is 25.8 Å². The maximum Gasteiger partial charge on any atom is 0.244 e. The van der Waals surface area contributed by atoms with E-state index >= 15 is 0 Å². The predicted molar refractivity (Wildman–Crippen MR) is 68.0 cm³/mol. The summed E-state index contributed by atoms with van der Waals surface area (Å²) in [5.74, 6) is 0.447. The number of sulfonamides is 1. The molecular weight excluding hydrogens is 252 g/mol. The smallest absolute Gasteiger partial charge is 0.244 e. The first-order valence-corrected chi connectivity index (χ1v) is 7.56. The molecule has 0 unspecified atom stereocenters. The molecule has 0 saturated heterocycles. The Morgan fingerprint density at radius 1 is 1.44 bits per heavy atom. The van der Waals surface area contributed by atoms with Crippen LogP contribution >= 0.6 is 0 Å². The van der Waals surface area contributed by atoms with E-state index in [1.165, 1.54) is 10.5 Å². The zero-order chi connectivity index (χ0) is 13.2. The number of aromatic nitrogens is 1. The van der Waals surface area contributed by atoms with Crippen molar-refractivity contribution in [3.63, 3.8) is 0 Å². The van der Waals surface area contributed by atoms with Crippen molar-refractivity contribution in [2.45, 2.75) is 37.1 Å². The molecule has 100 valence electrons. The Labute approximate surface area is 108 Å². The third-order valence-electron chi connectivity index (χ3n) is 3.27. The summed E-state index contributed by atoms with van der Waals surface area (Å²) >= 11 is 0. The second-order valence-corrected chi connectivity index (χ2v) is 6.37. The van der Waals surface area contributed by atoms with Crippen LogP contribution in [0.2, 0.25) is 0 Å². The molecule has 0 radical (unpaired) electrons. The molecule has 2 rings (SSSR count). The highest BCUT2D eigenvalue weighted by Gasteiger charge is 2.31. The van der Waals surface area contributed by atoms with Gasteiger partial charge in [0.25, 0.3) is 0 Å². The number of hydrogen-bond acceptors (Lipinski definition) is 4. The minimum atomic E-state index is -3.42. The summed E-state index contributed by atoms with van der Waals surface area (Å²) in [5.41, 5.74) is 0. The van der Waals surface area contributed by atoms with E-state index in [0.29, 0.717) is 12.5 Å². The van der Waals surface area contributed by atoms with Crippen molar-refractivity contribution in [3.8, 4) is 5.88 Å². The van der Waals surface area contributed by atoms with E-state index < -0.39 is 10.0 Å². The van der Waals surface area contributed by atoms with Crippen molar-refractivity contribution in [1.82, 2.24) is 9.29 Å². The first-order valence-electron chi connectivity index (χ1n) is 6.12. The highest BCUT2D eigenvalue weighted by atomic mass is 32.2. The molecule has 0 N–H and O–H groups in total. The van der Waals surface area contributed by atoms with E-state index in [2.05, 4.69) is 4.98 Å². The van der Waals surface area contributed by atoms with E-state index in [9.17, 15) is 8.42 Å². The van der Waals surface area contributed by atoms with Crippen LogP contribution in [0.25, 0.3) is 0 Å². The first kappa shape index (κ1) is 13.3. The quantitative estimate of drug-likeness (QED) is 0.816. The molecule has 6 heteroatoms. The summed E-state index contributed by atoms with van der Waals surface area (Å²) in [4.78, 5) is 4.21. The minimum absolute atomic E-state index is 0.140. The molecule has 1 heterocycles. The van der Waals surface area contributed by atoms with Gasteiger partial charge >= 0.3 is 0 Å². The van der Waals surface area contributed by atoms with Crippen LogP contribution in [0.4, 0.5) is 0 Å². The fourth-order valence-electron chi connectivity index (χ4n) is 1.87. The highest BCUT2D eigenvalue weighted by molar-refractivity contribution is 7.89. The molecule has 0 amide bonds. The third-order valence-corrected chi connectivity index (χ3v) is 5.16. The standard InChI is InChI=1S/C12H18N2O3S/c1-3-17-12-8-7-11(9-13-12)18(15,16)14(2)10-5-4-6-10/h7-10H,3-6H2,1-2H3. The van der Waals surface area contributed by atoms with Crippen molar-refractivity contribution in [3.05, 3.63) is 18.3 Å². The second-order valence-electron chi connectivity index (χ2n) is 4.37. The number of hydrogen-bond donors (Lipinski definition) is 0. The monoisotopic (exact) mass is 270 g/mol. The van der Waals surface area contributed by atoms with Crippen LogP contribution in [-0.4, -0.2) is 37.4 Å². The van der Waals surface area contributed by atoms with Crippen LogP contribution in [0, 0.1) is 0 Å². The lowest BCUT2D eigenvalue weighted by atomic mass is 9.94. The number of nitrogens with zero attached hydrogens (tertiary/aromatic N) is 2. The molecule has 1 aliphatic rings. The molecule has 0 bridgehead atoms. The van der Waals surface area contributed by atoms with Crippen LogP contribution in [-0.2, 0) is 10.0 Å². The summed E-state index contributed by atoms with van der Waals surface area (Å²) < 4.78 is 31.2. The molecule has 5 nitrogen and oxygen atoms in total. The molecule has 1 aliphatic carbocycles. The highest BCUT2D eigenvalue weighted by Crippen LogP contribution is 2.28. The Balaban J connectivity index is 2.18. The van der Waals surface area contributed by atoms with Gasteiger partial charge in [0.2, 0.25) is 15.9 Å². The lowest BCUT2D eigenvalue weighted by Crippen LogP contribution is -2.41. The Morgan fingerprint density at radius 3 is 2.61 bits per heavy atom. The van der Waals surface area contributed by atoms with Gasteiger partial charge in [-0.25, -0.2) is 13.4 Å². The van der Waals surface area contributed by atoms with Crippen LogP contribution in [0.5, 0.6) is 5.88 Å². The van der Waals surface area contributed by atoms with Crippen molar-refractivity contribution in [2.75, 3.05) is 13.7 Å². The van der Waals surface area contributed by atoms with Gasteiger partial charge in [-0.15, -0.1) is 0 Å². The maximum atomic E-state index is 12.3. The topological polar surface area (TPSA) is 59.5 Å².